The summed E-state index contributed by atoms with van der Waals surface area (Å²) < 4.78 is 25.2. The van der Waals surface area contributed by atoms with E-state index in [9.17, 15) is 8.42 Å². The van der Waals surface area contributed by atoms with Crippen LogP contribution in [0, 0.1) is 0 Å². The van der Waals surface area contributed by atoms with Gasteiger partial charge in [-0.1, -0.05) is 24.3 Å². The maximum absolute atomic E-state index is 11.8. The van der Waals surface area contributed by atoms with Gasteiger partial charge >= 0.3 is 0 Å². The Labute approximate surface area is 131 Å². The maximum Gasteiger partial charge on any atom is 0.214 e. The predicted octanol–water partition coefficient (Wildman–Crippen LogP) is 1.64. The molecule has 3 rings (SSSR count). The van der Waals surface area contributed by atoms with Crippen molar-refractivity contribution in [1.82, 2.24) is 9.62 Å². The minimum absolute atomic E-state index is 0.315. The fourth-order valence-corrected chi connectivity index (χ4v) is 5.64. The van der Waals surface area contributed by atoms with E-state index < -0.39 is 10.0 Å². The molecule has 0 spiro atoms. The van der Waals surface area contributed by atoms with Gasteiger partial charge in [-0.3, -0.25) is 0 Å². The maximum atomic E-state index is 11.8. The Bertz CT molecular complexity index is 589. The van der Waals surface area contributed by atoms with E-state index in [1.54, 1.807) is 4.31 Å². The van der Waals surface area contributed by atoms with E-state index in [0.29, 0.717) is 24.9 Å². The normalized spacial score (nSPS) is 25.4. The highest BCUT2D eigenvalue weighted by Gasteiger charge is 2.27. The smallest absolute Gasteiger partial charge is 0.214 e. The highest BCUT2D eigenvalue weighted by molar-refractivity contribution is 7.99. The topological polar surface area (TPSA) is 49.4 Å². The van der Waals surface area contributed by atoms with Crippen molar-refractivity contribution in [3.05, 3.63) is 35.4 Å². The van der Waals surface area contributed by atoms with E-state index in [1.165, 1.54) is 11.1 Å². The highest BCUT2D eigenvalue weighted by atomic mass is 32.2. The fraction of sp³-hybridized carbons (Fsp3) is 0.600. The Kier molecular flexibility index (Phi) is 4.88. The summed E-state index contributed by atoms with van der Waals surface area (Å²) in [6.07, 6.45) is 1.89. The third kappa shape index (κ3) is 3.62. The number of sulfonamides is 1. The average Bonchev–Trinajstić information content (AvgIpc) is 2.70. The summed E-state index contributed by atoms with van der Waals surface area (Å²) in [5.74, 6) is 2.54. The first-order valence-electron chi connectivity index (χ1n) is 7.53. The summed E-state index contributed by atoms with van der Waals surface area (Å²) >= 11 is 1.97. The molecule has 0 aliphatic carbocycles. The van der Waals surface area contributed by atoms with E-state index in [4.69, 9.17) is 0 Å². The average molecular weight is 326 g/mol. The largest absolute Gasteiger partial charge is 0.308 e. The van der Waals surface area contributed by atoms with Gasteiger partial charge in [-0.2, -0.15) is 11.8 Å². The van der Waals surface area contributed by atoms with Crippen LogP contribution in [-0.4, -0.2) is 49.6 Å². The number of nitrogens with one attached hydrogen (secondary N) is 1. The Morgan fingerprint density at radius 2 is 2.19 bits per heavy atom. The van der Waals surface area contributed by atoms with Crippen molar-refractivity contribution in [3.63, 3.8) is 0 Å². The number of nitrogens with zero attached hydrogens (tertiary/aromatic N) is 1. The number of benzene rings is 1. The Hall–Kier alpha value is -0.560. The molecule has 0 saturated carbocycles. The Morgan fingerprint density at radius 3 is 3.00 bits per heavy atom. The van der Waals surface area contributed by atoms with Crippen molar-refractivity contribution in [3.8, 4) is 0 Å². The number of rotatable bonds is 4. The Morgan fingerprint density at radius 1 is 1.33 bits per heavy atom. The Balaban J connectivity index is 1.60. The van der Waals surface area contributed by atoms with Crippen molar-refractivity contribution >= 4 is 21.8 Å². The lowest BCUT2D eigenvalue weighted by Gasteiger charge is -2.21. The molecule has 1 N–H and O–H groups in total. The summed E-state index contributed by atoms with van der Waals surface area (Å²) in [4.78, 5) is 0. The van der Waals surface area contributed by atoms with E-state index in [-0.39, 0.29) is 0 Å². The zero-order valence-electron chi connectivity index (χ0n) is 12.1. The molecule has 1 aromatic rings. The molecule has 2 aliphatic heterocycles. The van der Waals surface area contributed by atoms with Gasteiger partial charge in [0.05, 0.1) is 5.75 Å². The zero-order chi connectivity index (χ0) is 14.7. The molecule has 2 heterocycles. The van der Waals surface area contributed by atoms with Crippen LogP contribution in [-0.2, 0) is 16.4 Å². The molecular weight excluding hydrogens is 304 g/mol. The number of hydrogen-bond donors (Lipinski definition) is 1. The summed E-state index contributed by atoms with van der Waals surface area (Å²) in [7, 11) is -2.97. The first-order chi connectivity index (χ1) is 10.2. The van der Waals surface area contributed by atoms with E-state index in [2.05, 4.69) is 29.6 Å². The van der Waals surface area contributed by atoms with Gasteiger partial charge in [0.25, 0.3) is 0 Å². The van der Waals surface area contributed by atoms with Crippen molar-refractivity contribution in [2.75, 3.05) is 36.9 Å². The van der Waals surface area contributed by atoms with Gasteiger partial charge in [0.2, 0.25) is 10.0 Å². The van der Waals surface area contributed by atoms with Crippen molar-refractivity contribution in [2.24, 2.45) is 0 Å². The lowest BCUT2D eigenvalue weighted by Crippen LogP contribution is -2.35. The van der Waals surface area contributed by atoms with Crippen LogP contribution in [0.25, 0.3) is 0 Å². The monoisotopic (exact) mass is 326 g/mol. The molecule has 6 heteroatoms. The second-order valence-corrected chi connectivity index (χ2v) is 8.84. The van der Waals surface area contributed by atoms with Crippen LogP contribution < -0.4 is 5.32 Å². The van der Waals surface area contributed by atoms with E-state index in [0.717, 1.165) is 30.9 Å². The van der Waals surface area contributed by atoms with Crippen LogP contribution in [0.5, 0.6) is 0 Å². The van der Waals surface area contributed by atoms with E-state index >= 15 is 0 Å². The molecule has 4 nitrogen and oxygen atoms in total. The summed E-state index contributed by atoms with van der Waals surface area (Å²) in [5, 5.41) is 3.56. The fourth-order valence-electron chi connectivity index (χ4n) is 3.05. The molecule has 0 aromatic heterocycles. The van der Waals surface area contributed by atoms with Crippen LogP contribution >= 0.6 is 11.8 Å². The molecule has 1 fully saturated rings. The molecule has 1 saturated heterocycles. The number of thioether (sulfide) groups is 1. The molecule has 2 aliphatic rings. The molecule has 116 valence electrons. The second kappa shape index (κ2) is 6.69. The first-order valence-corrected chi connectivity index (χ1v) is 10.3. The molecule has 21 heavy (non-hydrogen) atoms. The predicted molar refractivity (Wildman–Crippen MR) is 88.2 cm³/mol. The van der Waals surface area contributed by atoms with Crippen LogP contribution in [0.4, 0.5) is 0 Å². The van der Waals surface area contributed by atoms with Crippen molar-refractivity contribution in [2.45, 2.75) is 18.9 Å². The molecule has 1 aromatic carbocycles. The van der Waals surface area contributed by atoms with Gasteiger partial charge in [0, 0.05) is 31.4 Å². The number of fused-ring (bicyclic) bond motifs is 1. The molecule has 0 unspecified atom stereocenters. The lowest BCUT2D eigenvalue weighted by atomic mass is 10.00. The SMILES string of the molecule is O=S1(=O)CCCN1CCN[C@@H]1CSCCc2ccccc21. The summed E-state index contributed by atoms with van der Waals surface area (Å²) in [6, 6.07) is 8.93. The number of hydrogen-bond acceptors (Lipinski definition) is 4. The quantitative estimate of drug-likeness (QED) is 0.914. The van der Waals surface area contributed by atoms with Crippen molar-refractivity contribution < 1.29 is 8.42 Å². The first kappa shape index (κ1) is 15.3. The molecule has 0 radical (unpaired) electrons. The highest BCUT2D eigenvalue weighted by Crippen LogP contribution is 2.27. The minimum Gasteiger partial charge on any atom is -0.308 e. The summed E-state index contributed by atoms with van der Waals surface area (Å²) in [6.45, 7) is 1.99. The van der Waals surface area contributed by atoms with Crippen molar-refractivity contribution in [1.29, 1.82) is 0 Å². The van der Waals surface area contributed by atoms with E-state index in [1.807, 2.05) is 11.8 Å². The van der Waals surface area contributed by atoms with Gasteiger partial charge in [0.1, 0.15) is 0 Å². The molecular formula is C15H22N2O2S2. The van der Waals surface area contributed by atoms with Gasteiger partial charge < -0.3 is 5.32 Å². The second-order valence-electron chi connectivity index (χ2n) is 5.60. The van der Waals surface area contributed by atoms with Gasteiger partial charge in [-0.05, 0) is 29.7 Å². The van der Waals surface area contributed by atoms with Gasteiger partial charge in [0.15, 0.2) is 0 Å². The molecule has 0 bridgehead atoms. The third-order valence-electron chi connectivity index (χ3n) is 4.19. The summed E-state index contributed by atoms with van der Waals surface area (Å²) in [5.41, 5.74) is 2.81. The third-order valence-corrected chi connectivity index (χ3v) is 7.20. The zero-order valence-corrected chi connectivity index (χ0v) is 13.8. The standard InChI is InChI=1S/C15H22N2O2S2/c18-21(19)11-3-8-17(21)9-7-16-15-12-20-10-6-13-4-1-2-5-14(13)15/h1-2,4-5,15-16H,3,6-12H2/t15-/m1/s1. The molecule has 1 atom stereocenters. The van der Waals surface area contributed by atoms with Gasteiger partial charge in [-0.25, -0.2) is 12.7 Å². The van der Waals surface area contributed by atoms with Crippen LogP contribution in [0.3, 0.4) is 0 Å². The van der Waals surface area contributed by atoms with Gasteiger partial charge in [-0.15, -0.1) is 0 Å². The van der Waals surface area contributed by atoms with Crippen LogP contribution in [0.15, 0.2) is 24.3 Å². The number of aryl methyl sites for hydroxylation is 1. The lowest BCUT2D eigenvalue weighted by molar-refractivity contribution is 0.423. The minimum atomic E-state index is -2.97. The van der Waals surface area contributed by atoms with Crippen LogP contribution in [0.2, 0.25) is 0 Å². The van der Waals surface area contributed by atoms with Crippen LogP contribution in [0.1, 0.15) is 23.6 Å². The molecule has 0 amide bonds.